The fourth-order valence-corrected chi connectivity index (χ4v) is 1.03. The number of alkyl halides is 1. The Morgan fingerprint density at radius 2 is 1.75 bits per heavy atom. The van der Waals surface area contributed by atoms with E-state index in [-0.39, 0.29) is 0 Å². The van der Waals surface area contributed by atoms with Crippen LogP contribution in [-0.4, -0.2) is 7.11 Å². The van der Waals surface area contributed by atoms with Crippen molar-refractivity contribution in [3.63, 3.8) is 0 Å². The van der Waals surface area contributed by atoms with Gasteiger partial charge in [-0.15, -0.1) is 11.6 Å². The summed E-state index contributed by atoms with van der Waals surface area (Å²) in [4.78, 5) is 9.24. The highest BCUT2D eigenvalue weighted by molar-refractivity contribution is 6.17. The van der Waals surface area contributed by atoms with Gasteiger partial charge in [-0.1, -0.05) is 24.3 Å². The Morgan fingerprint density at radius 3 is 2.25 bits per heavy atom. The third-order valence-corrected chi connectivity index (χ3v) is 1.83. The number of halogens is 1. The minimum atomic E-state index is 0.471. The van der Waals surface area contributed by atoms with Gasteiger partial charge in [-0.25, -0.2) is 9.78 Å². The summed E-state index contributed by atoms with van der Waals surface area (Å²) in [6.07, 6.45) is 0. The van der Waals surface area contributed by atoms with Crippen LogP contribution in [0, 0.1) is 0 Å². The van der Waals surface area contributed by atoms with Gasteiger partial charge in [0, 0.05) is 5.88 Å². The van der Waals surface area contributed by atoms with Gasteiger partial charge >= 0.3 is 0 Å². The lowest BCUT2D eigenvalue weighted by molar-refractivity contribution is -0.282. The quantitative estimate of drug-likeness (QED) is 0.409. The van der Waals surface area contributed by atoms with Crippen LogP contribution in [0.25, 0.3) is 0 Å². The first kappa shape index (κ1) is 9.52. The molecule has 0 aliphatic heterocycles. The molecular formula is C9H11ClO2. The molecule has 0 heterocycles. The van der Waals surface area contributed by atoms with E-state index in [9.17, 15) is 0 Å². The topological polar surface area (TPSA) is 18.5 Å². The van der Waals surface area contributed by atoms with Crippen molar-refractivity contribution < 1.29 is 9.78 Å². The maximum Gasteiger partial charge on any atom is 0.107 e. The van der Waals surface area contributed by atoms with Crippen molar-refractivity contribution in [3.05, 3.63) is 35.4 Å². The lowest BCUT2D eigenvalue weighted by Gasteiger charge is -2.00. The van der Waals surface area contributed by atoms with Crippen LogP contribution in [0.15, 0.2) is 24.3 Å². The van der Waals surface area contributed by atoms with Crippen LogP contribution in [0.3, 0.4) is 0 Å². The van der Waals surface area contributed by atoms with Crippen molar-refractivity contribution >= 4 is 11.6 Å². The molecule has 0 aliphatic carbocycles. The maximum absolute atomic E-state index is 5.63. The molecule has 0 fully saturated rings. The zero-order valence-corrected chi connectivity index (χ0v) is 7.67. The SMILES string of the molecule is COOCc1ccc(CCl)cc1. The highest BCUT2D eigenvalue weighted by Gasteiger charge is 1.93. The predicted octanol–water partition coefficient (Wildman–Crippen LogP) is 2.50. The molecular weight excluding hydrogens is 176 g/mol. The van der Waals surface area contributed by atoms with Gasteiger partial charge in [0.1, 0.15) is 6.61 Å². The Hall–Kier alpha value is -0.570. The van der Waals surface area contributed by atoms with E-state index in [1.807, 2.05) is 24.3 Å². The Balaban J connectivity index is 2.53. The monoisotopic (exact) mass is 186 g/mol. The van der Waals surface area contributed by atoms with E-state index in [0.717, 1.165) is 11.1 Å². The standard InChI is InChI=1S/C9H11ClO2/c1-11-12-7-9-4-2-8(6-10)3-5-9/h2-5H,6-7H2,1H3. The first-order chi connectivity index (χ1) is 5.86. The summed E-state index contributed by atoms with van der Waals surface area (Å²) in [6, 6.07) is 7.89. The van der Waals surface area contributed by atoms with Gasteiger partial charge in [0.2, 0.25) is 0 Å². The molecule has 0 atom stereocenters. The molecule has 0 spiro atoms. The van der Waals surface area contributed by atoms with Gasteiger partial charge in [0.05, 0.1) is 7.11 Å². The van der Waals surface area contributed by atoms with Crippen molar-refractivity contribution in [3.8, 4) is 0 Å². The summed E-state index contributed by atoms with van der Waals surface area (Å²) >= 11 is 5.63. The average Bonchev–Trinajstić information content (AvgIpc) is 2.15. The smallest absolute Gasteiger partial charge is 0.107 e. The van der Waals surface area contributed by atoms with Gasteiger partial charge in [0.25, 0.3) is 0 Å². The Morgan fingerprint density at radius 1 is 1.17 bits per heavy atom. The highest BCUT2D eigenvalue weighted by Crippen LogP contribution is 2.07. The summed E-state index contributed by atoms with van der Waals surface area (Å²) in [6.45, 7) is 0.471. The van der Waals surface area contributed by atoms with Crippen LogP contribution in [0.1, 0.15) is 11.1 Å². The van der Waals surface area contributed by atoms with Gasteiger partial charge in [-0.2, -0.15) is 0 Å². The summed E-state index contributed by atoms with van der Waals surface area (Å²) in [7, 11) is 1.49. The molecule has 3 heteroatoms. The van der Waals surface area contributed by atoms with Crippen LogP contribution in [0.4, 0.5) is 0 Å². The van der Waals surface area contributed by atoms with Crippen LogP contribution in [-0.2, 0) is 22.3 Å². The highest BCUT2D eigenvalue weighted by atomic mass is 35.5. The Labute approximate surface area is 77.0 Å². The molecule has 0 bridgehead atoms. The first-order valence-corrected chi connectivity index (χ1v) is 4.19. The lowest BCUT2D eigenvalue weighted by atomic mass is 10.2. The molecule has 0 unspecified atom stereocenters. The zero-order valence-electron chi connectivity index (χ0n) is 6.92. The summed E-state index contributed by atoms with van der Waals surface area (Å²) < 4.78 is 0. The van der Waals surface area contributed by atoms with Crippen molar-refractivity contribution in [1.29, 1.82) is 0 Å². The first-order valence-electron chi connectivity index (χ1n) is 3.66. The van der Waals surface area contributed by atoms with Gasteiger partial charge < -0.3 is 0 Å². The fourth-order valence-electron chi connectivity index (χ4n) is 0.852. The fraction of sp³-hybridized carbons (Fsp3) is 0.333. The second-order valence-corrected chi connectivity index (χ2v) is 2.65. The third kappa shape index (κ3) is 2.81. The van der Waals surface area contributed by atoms with E-state index < -0.39 is 0 Å². The summed E-state index contributed by atoms with van der Waals surface area (Å²) in [5, 5.41) is 0. The largest absolute Gasteiger partial charge is 0.240 e. The molecule has 0 amide bonds. The van der Waals surface area contributed by atoms with Crippen LogP contribution < -0.4 is 0 Å². The number of hydrogen-bond acceptors (Lipinski definition) is 2. The van der Waals surface area contributed by atoms with Crippen molar-refractivity contribution in [1.82, 2.24) is 0 Å². The Kier molecular flexibility index (Phi) is 4.08. The second kappa shape index (κ2) is 5.14. The number of hydrogen-bond donors (Lipinski definition) is 0. The lowest BCUT2D eigenvalue weighted by Crippen LogP contribution is -1.91. The van der Waals surface area contributed by atoms with E-state index >= 15 is 0 Å². The Bertz CT molecular complexity index is 220. The number of benzene rings is 1. The second-order valence-electron chi connectivity index (χ2n) is 2.38. The summed E-state index contributed by atoms with van der Waals surface area (Å²) in [5.74, 6) is 0.547. The van der Waals surface area contributed by atoms with E-state index in [2.05, 4.69) is 4.89 Å². The molecule has 0 aromatic heterocycles. The molecule has 0 saturated heterocycles. The average molecular weight is 187 g/mol. The van der Waals surface area contributed by atoms with Gasteiger partial charge in [-0.3, -0.25) is 0 Å². The van der Waals surface area contributed by atoms with E-state index in [0.29, 0.717) is 12.5 Å². The molecule has 0 radical (unpaired) electrons. The van der Waals surface area contributed by atoms with Gasteiger partial charge in [0.15, 0.2) is 0 Å². The molecule has 1 aromatic carbocycles. The molecule has 0 N–H and O–H groups in total. The minimum absolute atomic E-state index is 0.471. The van der Waals surface area contributed by atoms with Crippen molar-refractivity contribution in [2.45, 2.75) is 12.5 Å². The zero-order chi connectivity index (χ0) is 8.81. The predicted molar refractivity (Wildman–Crippen MR) is 47.8 cm³/mol. The normalized spacial score (nSPS) is 10.2. The molecule has 1 aromatic rings. The van der Waals surface area contributed by atoms with Crippen molar-refractivity contribution in [2.24, 2.45) is 0 Å². The number of rotatable bonds is 4. The van der Waals surface area contributed by atoms with Crippen LogP contribution >= 0.6 is 11.6 Å². The van der Waals surface area contributed by atoms with Crippen molar-refractivity contribution in [2.75, 3.05) is 7.11 Å². The summed E-state index contributed by atoms with van der Waals surface area (Å²) in [5.41, 5.74) is 2.18. The van der Waals surface area contributed by atoms with Gasteiger partial charge in [-0.05, 0) is 11.1 Å². The third-order valence-electron chi connectivity index (χ3n) is 1.52. The molecule has 2 nitrogen and oxygen atoms in total. The van der Waals surface area contributed by atoms with Crippen LogP contribution in [0.5, 0.6) is 0 Å². The molecule has 0 aliphatic rings. The van der Waals surface area contributed by atoms with E-state index in [4.69, 9.17) is 16.5 Å². The van der Waals surface area contributed by atoms with Crippen LogP contribution in [0.2, 0.25) is 0 Å². The molecule has 1 rings (SSSR count). The molecule has 12 heavy (non-hydrogen) atoms. The van der Waals surface area contributed by atoms with E-state index in [1.165, 1.54) is 7.11 Å². The molecule has 66 valence electrons. The molecule has 0 saturated carbocycles. The minimum Gasteiger partial charge on any atom is -0.240 e. The van der Waals surface area contributed by atoms with E-state index in [1.54, 1.807) is 0 Å². The maximum atomic E-state index is 5.63.